The third-order valence-corrected chi connectivity index (χ3v) is 1.81. The van der Waals surface area contributed by atoms with Crippen LogP contribution in [0.25, 0.3) is 0 Å². The summed E-state index contributed by atoms with van der Waals surface area (Å²) in [5.74, 6) is -0.727. The van der Waals surface area contributed by atoms with Gasteiger partial charge in [0.25, 0.3) is 0 Å². The van der Waals surface area contributed by atoms with E-state index in [2.05, 4.69) is 5.32 Å². The van der Waals surface area contributed by atoms with Crippen LogP contribution in [0.3, 0.4) is 0 Å². The average Bonchev–Trinajstić information content (AvgIpc) is 1.99. The first kappa shape index (κ1) is 12.4. The molecule has 0 aromatic heterocycles. The van der Waals surface area contributed by atoms with Gasteiger partial charge in [0.05, 0.1) is 6.61 Å². The third kappa shape index (κ3) is 4.85. The molecule has 2 N–H and O–H groups in total. The highest BCUT2D eigenvalue weighted by molar-refractivity contribution is 5.73. The molecule has 0 fully saturated rings. The minimum Gasteiger partial charge on any atom is -0.480 e. The van der Waals surface area contributed by atoms with Crippen molar-refractivity contribution in [3.05, 3.63) is 0 Å². The number of carboxylic acids is 1. The van der Waals surface area contributed by atoms with Crippen molar-refractivity contribution in [1.82, 2.24) is 5.32 Å². The zero-order valence-electron chi connectivity index (χ0n) is 8.70. The molecule has 0 aromatic carbocycles. The average molecular weight is 189 g/mol. The van der Waals surface area contributed by atoms with Crippen LogP contribution in [0.1, 0.15) is 20.8 Å². The molecule has 0 aliphatic heterocycles. The normalized spacial score (nSPS) is 15.8. The summed E-state index contributed by atoms with van der Waals surface area (Å²) >= 11 is 0. The molecule has 4 nitrogen and oxygen atoms in total. The van der Waals surface area contributed by atoms with Gasteiger partial charge in [-0.15, -0.1) is 0 Å². The van der Waals surface area contributed by atoms with Crippen LogP contribution in [-0.2, 0) is 9.53 Å². The van der Waals surface area contributed by atoms with Crippen LogP contribution >= 0.6 is 0 Å². The van der Waals surface area contributed by atoms with Crippen molar-refractivity contribution >= 4 is 5.97 Å². The van der Waals surface area contributed by atoms with Gasteiger partial charge in [0.15, 0.2) is 0 Å². The van der Waals surface area contributed by atoms with Gasteiger partial charge in [-0.3, -0.25) is 10.1 Å². The Morgan fingerprint density at radius 2 is 2.00 bits per heavy atom. The maximum atomic E-state index is 10.8. The Labute approximate surface area is 79.3 Å². The van der Waals surface area contributed by atoms with Crippen molar-refractivity contribution in [2.45, 2.75) is 32.9 Å². The minimum absolute atomic E-state index is 0.0634. The molecule has 0 spiro atoms. The van der Waals surface area contributed by atoms with Crippen molar-refractivity contribution in [2.24, 2.45) is 5.92 Å². The van der Waals surface area contributed by atoms with Crippen molar-refractivity contribution in [3.63, 3.8) is 0 Å². The molecule has 0 bridgehead atoms. The monoisotopic (exact) mass is 189 g/mol. The fourth-order valence-electron chi connectivity index (χ4n) is 1.15. The quantitative estimate of drug-likeness (QED) is 0.646. The molecule has 0 heterocycles. The Balaban J connectivity index is 4.02. The minimum atomic E-state index is -0.807. The van der Waals surface area contributed by atoms with Crippen LogP contribution in [-0.4, -0.2) is 36.9 Å². The Hall–Kier alpha value is -0.610. The maximum Gasteiger partial charge on any atom is 0.320 e. The van der Waals surface area contributed by atoms with E-state index < -0.39 is 12.0 Å². The lowest BCUT2D eigenvalue weighted by Gasteiger charge is -2.22. The van der Waals surface area contributed by atoms with Gasteiger partial charge in [0.2, 0.25) is 0 Å². The molecule has 0 amide bonds. The van der Waals surface area contributed by atoms with Gasteiger partial charge in [-0.1, -0.05) is 13.8 Å². The number of hydrogen-bond acceptors (Lipinski definition) is 3. The predicted molar refractivity (Wildman–Crippen MR) is 50.7 cm³/mol. The van der Waals surface area contributed by atoms with Crippen molar-refractivity contribution < 1.29 is 14.6 Å². The molecule has 2 atom stereocenters. The fourth-order valence-corrected chi connectivity index (χ4v) is 1.15. The van der Waals surface area contributed by atoms with Crippen molar-refractivity contribution in [1.29, 1.82) is 0 Å². The molecule has 13 heavy (non-hydrogen) atoms. The van der Waals surface area contributed by atoms with E-state index in [0.29, 0.717) is 6.61 Å². The highest BCUT2D eigenvalue weighted by atomic mass is 16.5. The van der Waals surface area contributed by atoms with Gasteiger partial charge in [-0.2, -0.15) is 0 Å². The summed E-state index contributed by atoms with van der Waals surface area (Å²) in [5, 5.41) is 11.8. The summed E-state index contributed by atoms with van der Waals surface area (Å²) in [6.07, 6.45) is 0. The highest BCUT2D eigenvalue weighted by Crippen LogP contribution is 2.02. The second-order valence-corrected chi connectivity index (χ2v) is 3.58. The Morgan fingerprint density at radius 3 is 2.31 bits per heavy atom. The number of ether oxygens (including phenoxy) is 1. The first-order valence-corrected chi connectivity index (χ1v) is 4.46. The van der Waals surface area contributed by atoms with E-state index >= 15 is 0 Å². The van der Waals surface area contributed by atoms with E-state index in [1.807, 2.05) is 20.8 Å². The predicted octanol–water partition coefficient (Wildman–Crippen LogP) is 0.720. The molecule has 0 saturated carbocycles. The van der Waals surface area contributed by atoms with Crippen LogP contribution < -0.4 is 5.32 Å². The Morgan fingerprint density at radius 1 is 1.46 bits per heavy atom. The molecule has 4 heteroatoms. The zero-order chi connectivity index (χ0) is 10.4. The van der Waals surface area contributed by atoms with E-state index in [1.54, 1.807) is 7.11 Å². The lowest BCUT2D eigenvalue weighted by atomic mass is 10.0. The second kappa shape index (κ2) is 5.94. The molecule has 0 saturated heterocycles. The Bertz CT molecular complexity index is 159. The standard InChI is InChI=1S/C9H19NO3/c1-6(2)8(9(11)12)10-7(3)5-13-4/h6-8,10H,5H2,1-4H3,(H,11,12). The molecule has 0 rings (SSSR count). The topological polar surface area (TPSA) is 58.6 Å². The zero-order valence-corrected chi connectivity index (χ0v) is 8.70. The van der Waals surface area contributed by atoms with Gasteiger partial charge in [-0.25, -0.2) is 0 Å². The number of rotatable bonds is 6. The first-order valence-electron chi connectivity index (χ1n) is 4.46. The number of nitrogens with one attached hydrogen (secondary N) is 1. The number of carbonyl (C=O) groups is 1. The molecule has 0 aliphatic rings. The largest absolute Gasteiger partial charge is 0.480 e. The summed E-state index contributed by atoms with van der Waals surface area (Å²) in [4.78, 5) is 10.8. The molecule has 0 aliphatic carbocycles. The van der Waals surface area contributed by atoms with Crippen LogP contribution in [0.4, 0.5) is 0 Å². The summed E-state index contributed by atoms with van der Waals surface area (Å²) in [6.45, 7) is 6.19. The van der Waals surface area contributed by atoms with Gasteiger partial charge >= 0.3 is 5.97 Å². The number of aliphatic carboxylic acids is 1. The van der Waals surface area contributed by atoms with Gasteiger partial charge in [0.1, 0.15) is 6.04 Å². The van der Waals surface area contributed by atoms with Gasteiger partial charge in [-0.05, 0) is 12.8 Å². The van der Waals surface area contributed by atoms with Crippen LogP contribution in [0, 0.1) is 5.92 Å². The number of methoxy groups -OCH3 is 1. The van der Waals surface area contributed by atoms with Crippen molar-refractivity contribution in [3.8, 4) is 0 Å². The molecule has 0 radical (unpaired) electrons. The summed E-state index contributed by atoms with van der Waals surface area (Å²) < 4.78 is 4.91. The molecule has 0 aromatic rings. The summed E-state index contributed by atoms with van der Waals surface area (Å²) in [6, 6.07) is -0.432. The summed E-state index contributed by atoms with van der Waals surface area (Å²) in [7, 11) is 1.60. The van der Waals surface area contributed by atoms with Gasteiger partial charge < -0.3 is 9.84 Å². The lowest BCUT2D eigenvalue weighted by Crippen LogP contribution is -2.46. The number of hydrogen-bond donors (Lipinski definition) is 2. The van der Waals surface area contributed by atoms with E-state index in [4.69, 9.17) is 9.84 Å². The second-order valence-electron chi connectivity index (χ2n) is 3.58. The van der Waals surface area contributed by atoms with E-state index in [9.17, 15) is 4.79 Å². The van der Waals surface area contributed by atoms with E-state index in [-0.39, 0.29) is 12.0 Å². The first-order chi connectivity index (χ1) is 5.99. The Kier molecular flexibility index (Phi) is 5.66. The highest BCUT2D eigenvalue weighted by Gasteiger charge is 2.22. The van der Waals surface area contributed by atoms with Crippen molar-refractivity contribution in [2.75, 3.05) is 13.7 Å². The summed E-state index contributed by atoms with van der Waals surface area (Å²) in [5.41, 5.74) is 0. The molecule has 2 unspecified atom stereocenters. The molecular formula is C9H19NO3. The van der Waals surface area contributed by atoms with Crippen LogP contribution in [0.5, 0.6) is 0 Å². The van der Waals surface area contributed by atoms with Crippen LogP contribution in [0.2, 0.25) is 0 Å². The van der Waals surface area contributed by atoms with E-state index in [1.165, 1.54) is 0 Å². The third-order valence-electron chi connectivity index (χ3n) is 1.81. The van der Waals surface area contributed by atoms with E-state index in [0.717, 1.165) is 0 Å². The van der Waals surface area contributed by atoms with Gasteiger partial charge in [0, 0.05) is 13.2 Å². The SMILES string of the molecule is COCC(C)NC(C(=O)O)C(C)C. The number of carboxylic acid groups (broad SMARTS) is 1. The maximum absolute atomic E-state index is 10.8. The molecule has 78 valence electrons. The van der Waals surface area contributed by atoms with Crippen LogP contribution in [0.15, 0.2) is 0 Å². The lowest BCUT2D eigenvalue weighted by molar-refractivity contribution is -0.141. The fraction of sp³-hybridized carbons (Fsp3) is 0.889. The smallest absolute Gasteiger partial charge is 0.320 e. The molecular weight excluding hydrogens is 170 g/mol.